The molecule has 2 aliphatic rings. The van der Waals surface area contributed by atoms with Crippen LogP contribution in [0.4, 0.5) is 14.5 Å². The number of amides is 2. The van der Waals surface area contributed by atoms with E-state index in [1.807, 2.05) is 12.1 Å². The van der Waals surface area contributed by atoms with E-state index >= 15 is 0 Å². The predicted octanol–water partition coefficient (Wildman–Crippen LogP) is 3.92. The standard InChI is InChI=1S/C26H29F2N5O3/c1-36-31-25(34)16-4-7-18(8-5-16)30-26(35)21-15-29-33-12-10-19(14-24(21)33)32-11-2-3-23(32)20-13-17(27)6-9-22(20)28/h6,9-10,12-16,18,23H,2-5,7-8,11H2,1H3,(H,30,35)(H,31,34)/t16?,18?,23-/m1/s1. The molecule has 0 bridgehead atoms. The van der Waals surface area contributed by atoms with Gasteiger partial charge >= 0.3 is 0 Å². The number of hydroxylamine groups is 1. The number of nitrogens with one attached hydrogen (secondary N) is 2. The molecule has 2 aromatic heterocycles. The summed E-state index contributed by atoms with van der Waals surface area (Å²) < 4.78 is 30.0. The fourth-order valence-electron chi connectivity index (χ4n) is 5.44. The van der Waals surface area contributed by atoms with Gasteiger partial charge in [-0.25, -0.2) is 18.8 Å². The van der Waals surface area contributed by atoms with Crippen molar-refractivity contribution in [2.45, 2.75) is 50.6 Å². The average molecular weight is 498 g/mol. The van der Waals surface area contributed by atoms with Crippen molar-refractivity contribution in [1.82, 2.24) is 20.4 Å². The van der Waals surface area contributed by atoms with E-state index in [0.717, 1.165) is 18.2 Å². The quantitative estimate of drug-likeness (QED) is 0.504. The topological polar surface area (TPSA) is 88.0 Å². The van der Waals surface area contributed by atoms with E-state index < -0.39 is 11.6 Å². The Balaban J connectivity index is 1.32. The number of anilines is 1. The second kappa shape index (κ2) is 10.2. The van der Waals surface area contributed by atoms with E-state index in [1.165, 1.54) is 19.2 Å². The smallest absolute Gasteiger partial charge is 0.255 e. The lowest BCUT2D eigenvalue weighted by Gasteiger charge is -2.28. The molecule has 36 heavy (non-hydrogen) atoms. The van der Waals surface area contributed by atoms with Crippen molar-refractivity contribution in [3.63, 3.8) is 0 Å². The van der Waals surface area contributed by atoms with Gasteiger partial charge in [-0.1, -0.05) is 0 Å². The van der Waals surface area contributed by atoms with Gasteiger partial charge in [0.05, 0.1) is 30.4 Å². The van der Waals surface area contributed by atoms with Crippen molar-refractivity contribution < 1.29 is 23.2 Å². The number of pyridine rings is 1. The van der Waals surface area contributed by atoms with Crippen LogP contribution >= 0.6 is 0 Å². The first-order valence-corrected chi connectivity index (χ1v) is 12.3. The van der Waals surface area contributed by atoms with Crippen molar-refractivity contribution in [2.75, 3.05) is 18.6 Å². The highest BCUT2D eigenvalue weighted by Crippen LogP contribution is 2.38. The molecule has 1 saturated carbocycles. The van der Waals surface area contributed by atoms with Crippen LogP contribution in [0, 0.1) is 17.6 Å². The number of aromatic nitrogens is 2. The molecule has 10 heteroatoms. The van der Waals surface area contributed by atoms with Gasteiger partial charge < -0.3 is 10.2 Å². The maximum absolute atomic E-state index is 14.5. The summed E-state index contributed by atoms with van der Waals surface area (Å²) >= 11 is 0. The van der Waals surface area contributed by atoms with Gasteiger partial charge in [-0.2, -0.15) is 5.10 Å². The van der Waals surface area contributed by atoms with Gasteiger partial charge in [0.2, 0.25) is 5.91 Å². The molecule has 5 rings (SSSR count). The largest absolute Gasteiger partial charge is 0.364 e. The fourth-order valence-corrected chi connectivity index (χ4v) is 5.44. The monoisotopic (exact) mass is 497 g/mol. The summed E-state index contributed by atoms with van der Waals surface area (Å²) in [6, 6.07) is 7.01. The SMILES string of the molecule is CONC(=O)C1CCC(NC(=O)c2cnn3ccc(N4CCC[C@@H]4c4cc(F)ccc4F)cc23)CC1. The summed E-state index contributed by atoms with van der Waals surface area (Å²) in [4.78, 5) is 31.9. The lowest BCUT2D eigenvalue weighted by atomic mass is 9.85. The normalized spacial score (nSPS) is 22.1. The lowest BCUT2D eigenvalue weighted by Crippen LogP contribution is -2.40. The first kappa shape index (κ1) is 24.2. The van der Waals surface area contributed by atoms with Crippen molar-refractivity contribution >= 4 is 23.0 Å². The van der Waals surface area contributed by atoms with Crippen LogP contribution in [0.3, 0.4) is 0 Å². The van der Waals surface area contributed by atoms with Gasteiger partial charge in [-0.05, 0) is 68.9 Å². The van der Waals surface area contributed by atoms with Gasteiger partial charge in [-0.3, -0.25) is 14.4 Å². The summed E-state index contributed by atoms with van der Waals surface area (Å²) in [5, 5.41) is 7.40. The number of benzene rings is 1. The van der Waals surface area contributed by atoms with Crippen LogP contribution < -0.4 is 15.7 Å². The summed E-state index contributed by atoms with van der Waals surface area (Å²) in [6.45, 7) is 0.701. The Labute approximate surface area is 207 Å². The molecule has 1 atom stereocenters. The molecule has 1 aromatic carbocycles. The Morgan fingerprint density at radius 2 is 1.89 bits per heavy atom. The van der Waals surface area contributed by atoms with Gasteiger partial charge in [0.15, 0.2) is 0 Å². The number of carbonyl (C=O) groups is 2. The van der Waals surface area contributed by atoms with E-state index in [-0.39, 0.29) is 29.8 Å². The van der Waals surface area contributed by atoms with E-state index in [9.17, 15) is 18.4 Å². The van der Waals surface area contributed by atoms with Gasteiger partial charge in [-0.15, -0.1) is 0 Å². The van der Waals surface area contributed by atoms with Gasteiger partial charge in [0.1, 0.15) is 11.6 Å². The average Bonchev–Trinajstić information content (AvgIpc) is 3.53. The van der Waals surface area contributed by atoms with Crippen molar-refractivity contribution in [3.05, 3.63) is 65.5 Å². The lowest BCUT2D eigenvalue weighted by molar-refractivity contribution is -0.136. The molecule has 1 aliphatic carbocycles. The van der Waals surface area contributed by atoms with Crippen LogP contribution in [0.1, 0.15) is 60.5 Å². The second-order valence-electron chi connectivity index (χ2n) is 9.48. The van der Waals surface area contributed by atoms with Crippen LogP contribution in [0.2, 0.25) is 0 Å². The minimum atomic E-state index is -0.461. The van der Waals surface area contributed by atoms with Crippen molar-refractivity contribution in [1.29, 1.82) is 0 Å². The first-order chi connectivity index (χ1) is 17.4. The molecule has 0 unspecified atom stereocenters. The van der Waals surface area contributed by atoms with Gasteiger partial charge in [0.25, 0.3) is 5.91 Å². The van der Waals surface area contributed by atoms with E-state index in [2.05, 4.69) is 20.8 Å². The zero-order valence-corrected chi connectivity index (χ0v) is 20.0. The second-order valence-corrected chi connectivity index (χ2v) is 9.48. The minimum Gasteiger partial charge on any atom is -0.364 e. The van der Waals surface area contributed by atoms with E-state index in [0.29, 0.717) is 55.3 Å². The highest BCUT2D eigenvalue weighted by atomic mass is 19.1. The third kappa shape index (κ3) is 4.77. The first-order valence-electron chi connectivity index (χ1n) is 12.3. The summed E-state index contributed by atoms with van der Waals surface area (Å²) in [6.07, 6.45) is 7.63. The maximum Gasteiger partial charge on any atom is 0.255 e. The minimum absolute atomic E-state index is 0.0267. The molecule has 3 aromatic rings. The Morgan fingerprint density at radius 3 is 2.67 bits per heavy atom. The van der Waals surface area contributed by atoms with Crippen LogP contribution in [0.25, 0.3) is 5.52 Å². The Hall–Kier alpha value is -3.53. The maximum atomic E-state index is 14.5. The number of rotatable bonds is 6. The van der Waals surface area contributed by atoms with E-state index in [4.69, 9.17) is 4.84 Å². The van der Waals surface area contributed by atoms with Crippen LogP contribution in [0.5, 0.6) is 0 Å². The third-order valence-electron chi connectivity index (χ3n) is 7.29. The number of hydrogen-bond donors (Lipinski definition) is 2. The van der Waals surface area contributed by atoms with Crippen LogP contribution in [-0.4, -0.2) is 41.1 Å². The summed E-state index contributed by atoms with van der Waals surface area (Å²) in [7, 11) is 1.41. The van der Waals surface area contributed by atoms with Gasteiger partial charge in [0, 0.05) is 36.0 Å². The third-order valence-corrected chi connectivity index (χ3v) is 7.29. The zero-order valence-electron chi connectivity index (χ0n) is 20.0. The molecule has 0 spiro atoms. The molecular weight excluding hydrogens is 468 g/mol. The number of fused-ring (bicyclic) bond motifs is 1. The van der Waals surface area contributed by atoms with Crippen LogP contribution in [0.15, 0.2) is 42.7 Å². The molecule has 2 N–H and O–H groups in total. The highest BCUT2D eigenvalue weighted by Gasteiger charge is 2.30. The number of nitrogens with zero attached hydrogens (tertiary/aromatic N) is 3. The van der Waals surface area contributed by atoms with E-state index in [1.54, 1.807) is 16.9 Å². The Morgan fingerprint density at radius 1 is 1.08 bits per heavy atom. The fraction of sp³-hybridized carbons (Fsp3) is 0.423. The Bertz CT molecular complexity index is 1270. The summed E-state index contributed by atoms with van der Waals surface area (Å²) in [5.74, 6) is -1.35. The number of carbonyl (C=O) groups excluding carboxylic acids is 2. The molecule has 1 saturated heterocycles. The summed E-state index contributed by atoms with van der Waals surface area (Å²) in [5.41, 5.74) is 4.64. The molecule has 190 valence electrons. The molecule has 8 nitrogen and oxygen atoms in total. The van der Waals surface area contributed by atoms with Crippen molar-refractivity contribution in [3.8, 4) is 0 Å². The predicted molar refractivity (Wildman–Crippen MR) is 129 cm³/mol. The van der Waals surface area contributed by atoms with Crippen LogP contribution in [-0.2, 0) is 9.63 Å². The number of hydrogen-bond acceptors (Lipinski definition) is 5. The zero-order chi connectivity index (χ0) is 25.2. The molecular formula is C26H29F2N5O3. The molecule has 0 radical (unpaired) electrons. The highest BCUT2D eigenvalue weighted by molar-refractivity contribution is 6.01. The molecule has 2 fully saturated rings. The molecule has 3 heterocycles. The Kier molecular flexibility index (Phi) is 6.86. The number of halogens is 2. The van der Waals surface area contributed by atoms with Crippen molar-refractivity contribution in [2.24, 2.45) is 5.92 Å². The molecule has 1 aliphatic heterocycles. The molecule has 2 amide bonds.